The summed E-state index contributed by atoms with van der Waals surface area (Å²) in [6.07, 6.45) is 0. The van der Waals surface area contributed by atoms with Crippen molar-refractivity contribution in [1.29, 1.82) is 0 Å². The molecule has 0 saturated carbocycles. The summed E-state index contributed by atoms with van der Waals surface area (Å²) in [5.74, 6) is 2.08. The van der Waals surface area contributed by atoms with Gasteiger partial charge in [-0.05, 0) is 0 Å². The molecule has 0 atom stereocenters. The number of benzene rings is 2. The van der Waals surface area contributed by atoms with Gasteiger partial charge in [0.25, 0.3) is 0 Å². The van der Waals surface area contributed by atoms with Gasteiger partial charge in [-0.25, -0.2) is 0 Å². The Kier molecular flexibility index (Phi) is 1.73. The topological polar surface area (TPSA) is 0 Å². The van der Waals surface area contributed by atoms with Crippen LogP contribution in [-0.4, -0.2) is 13.6 Å². The Morgan fingerprint density at radius 1 is 0.786 bits per heavy atom. The van der Waals surface area contributed by atoms with Gasteiger partial charge in [-0.2, -0.15) is 0 Å². The SMILES string of the molecule is b1bc2c(cc1)ccc1ccccc12. The van der Waals surface area contributed by atoms with Crippen LogP contribution in [0.2, 0.25) is 0 Å². The van der Waals surface area contributed by atoms with E-state index in [0.29, 0.717) is 0 Å². The van der Waals surface area contributed by atoms with Crippen LogP contribution in [0.1, 0.15) is 0 Å². The summed E-state index contributed by atoms with van der Waals surface area (Å²) in [4.78, 5) is 0. The molecule has 0 radical (unpaired) electrons. The Morgan fingerprint density at radius 2 is 1.64 bits per heavy atom. The van der Waals surface area contributed by atoms with Gasteiger partial charge < -0.3 is 0 Å². The average molecular weight is 174 g/mol. The second kappa shape index (κ2) is 3.05. The maximum atomic E-state index is 2.18. The fraction of sp³-hybridized carbons (Fsp3) is 0. The molecule has 0 fully saturated rings. The third-order valence-electron chi connectivity index (χ3n) is 2.65. The van der Waals surface area contributed by atoms with Gasteiger partial charge in [-0.15, -0.1) is 0 Å². The van der Waals surface area contributed by atoms with Crippen molar-refractivity contribution in [2.24, 2.45) is 0 Å². The zero-order valence-electron chi connectivity index (χ0n) is 7.77. The van der Waals surface area contributed by atoms with Crippen molar-refractivity contribution < 1.29 is 0 Å². The second-order valence-electron chi connectivity index (χ2n) is 3.51. The van der Waals surface area contributed by atoms with Gasteiger partial charge in [0.2, 0.25) is 0 Å². The first-order valence-corrected chi connectivity index (χ1v) is 4.82. The van der Waals surface area contributed by atoms with E-state index in [-0.39, 0.29) is 0 Å². The Hall–Kier alpha value is -1.43. The maximum absolute atomic E-state index is 2.18. The molecule has 2 aromatic carbocycles. The van der Waals surface area contributed by atoms with Crippen LogP contribution in [0.15, 0.2) is 48.4 Å². The first-order valence-electron chi connectivity index (χ1n) is 4.82. The van der Waals surface area contributed by atoms with Gasteiger partial charge in [0.1, 0.15) is 0 Å². The van der Waals surface area contributed by atoms with E-state index in [0.717, 1.165) is 0 Å². The van der Waals surface area contributed by atoms with Crippen LogP contribution in [0.4, 0.5) is 0 Å². The molecule has 1 heterocycles. The van der Waals surface area contributed by atoms with Crippen LogP contribution in [-0.2, 0) is 0 Å². The number of hydrogen-bond acceptors (Lipinski definition) is 0. The quantitative estimate of drug-likeness (QED) is 0.459. The molecule has 0 aliphatic rings. The number of rotatable bonds is 0. The summed E-state index contributed by atoms with van der Waals surface area (Å²) in [5, 5.41) is 5.30. The summed E-state index contributed by atoms with van der Waals surface area (Å²) in [6, 6.07) is 15.0. The van der Waals surface area contributed by atoms with Gasteiger partial charge in [-0.3, -0.25) is 0 Å². The molecule has 0 amide bonds. The van der Waals surface area contributed by atoms with Crippen molar-refractivity contribution >= 4 is 35.0 Å². The Bertz CT molecular complexity index is 547. The Labute approximate surface area is 84.0 Å². The van der Waals surface area contributed by atoms with Gasteiger partial charge >= 0.3 is 83.5 Å². The molecule has 14 heavy (non-hydrogen) atoms. The van der Waals surface area contributed by atoms with E-state index in [2.05, 4.69) is 62.0 Å². The van der Waals surface area contributed by atoms with Crippen LogP contribution < -0.4 is 0 Å². The summed E-state index contributed by atoms with van der Waals surface area (Å²) < 4.78 is 0. The third-order valence-corrected chi connectivity index (χ3v) is 2.65. The second-order valence-corrected chi connectivity index (χ2v) is 3.51. The minimum atomic E-state index is 1.31. The first-order chi connectivity index (χ1) is 6.95. The predicted octanol–water partition coefficient (Wildman–Crippen LogP) is 2.67. The van der Waals surface area contributed by atoms with Crippen LogP contribution in [0.3, 0.4) is 0 Å². The average Bonchev–Trinajstić information content (AvgIpc) is 2.29. The third kappa shape index (κ3) is 1.11. The van der Waals surface area contributed by atoms with Gasteiger partial charge in [-0.1, -0.05) is 0 Å². The monoisotopic (exact) mass is 174 g/mol. The summed E-state index contributed by atoms with van der Waals surface area (Å²) in [7, 11) is 0. The molecular formula is C12H8B2. The van der Waals surface area contributed by atoms with Gasteiger partial charge in [0.05, 0.1) is 0 Å². The van der Waals surface area contributed by atoms with E-state index < -0.39 is 0 Å². The molecule has 3 rings (SSSR count). The van der Waals surface area contributed by atoms with Crippen molar-refractivity contribution in [1.82, 2.24) is 0 Å². The van der Waals surface area contributed by atoms with Crippen molar-refractivity contribution in [2.45, 2.75) is 0 Å². The zero-order chi connectivity index (χ0) is 9.38. The molecule has 62 valence electrons. The van der Waals surface area contributed by atoms with Crippen LogP contribution >= 0.6 is 0 Å². The summed E-state index contributed by atoms with van der Waals surface area (Å²) in [5.41, 5.74) is 0. The standard InChI is InChI=1S/C12H8B2/c1-2-4-11-9(3-1)5-6-10-7-8-13-14-12(10)11/h1-8H. The van der Waals surface area contributed by atoms with E-state index in [9.17, 15) is 0 Å². The van der Waals surface area contributed by atoms with E-state index >= 15 is 0 Å². The normalized spacial score (nSPS) is 10.3. The van der Waals surface area contributed by atoms with Crippen molar-refractivity contribution in [2.75, 3.05) is 0 Å². The minimum absolute atomic E-state index is 1.31. The van der Waals surface area contributed by atoms with Crippen molar-refractivity contribution in [3.05, 3.63) is 48.4 Å². The molecule has 0 aliphatic carbocycles. The van der Waals surface area contributed by atoms with Crippen molar-refractivity contribution in [3.63, 3.8) is 0 Å². The number of hydrogen-bond donors (Lipinski definition) is 0. The van der Waals surface area contributed by atoms with Crippen molar-refractivity contribution in [3.8, 4) is 0 Å². The molecule has 0 nitrogen and oxygen atoms in total. The Balaban J connectivity index is 2.61. The molecule has 1 aromatic heterocycles. The van der Waals surface area contributed by atoms with Gasteiger partial charge in [0, 0.05) is 0 Å². The van der Waals surface area contributed by atoms with E-state index in [1.54, 1.807) is 0 Å². The number of fused-ring (bicyclic) bond motifs is 3. The molecule has 0 spiro atoms. The molecule has 0 aliphatic heterocycles. The van der Waals surface area contributed by atoms with E-state index in [1.807, 2.05) is 0 Å². The van der Waals surface area contributed by atoms with E-state index in [4.69, 9.17) is 0 Å². The van der Waals surface area contributed by atoms with E-state index in [1.165, 1.54) is 21.4 Å². The molecule has 0 saturated heterocycles. The van der Waals surface area contributed by atoms with Crippen LogP contribution in [0.5, 0.6) is 0 Å². The molecule has 0 unspecified atom stereocenters. The first kappa shape index (κ1) is 7.93. The van der Waals surface area contributed by atoms with Crippen LogP contribution in [0.25, 0.3) is 21.4 Å². The van der Waals surface area contributed by atoms with Gasteiger partial charge in [0.15, 0.2) is 0 Å². The molecule has 2 heteroatoms. The summed E-state index contributed by atoms with van der Waals surface area (Å²) >= 11 is 0. The zero-order valence-corrected chi connectivity index (χ0v) is 7.77. The molecule has 3 aromatic rings. The van der Waals surface area contributed by atoms with Crippen LogP contribution in [0, 0.1) is 0 Å². The molecule has 0 N–H and O–H groups in total. The molecule has 0 bridgehead atoms. The fourth-order valence-electron chi connectivity index (χ4n) is 1.95. The summed E-state index contributed by atoms with van der Waals surface area (Å²) in [6.45, 7) is 4.27. The fourth-order valence-corrected chi connectivity index (χ4v) is 1.95. The molecular weight excluding hydrogens is 166 g/mol. The Morgan fingerprint density at radius 3 is 2.64 bits per heavy atom. The predicted molar refractivity (Wildman–Crippen MR) is 64.1 cm³/mol.